The Bertz CT molecular complexity index is 1740. The molecule has 4 aromatic carbocycles. The van der Waals surface area contributed by atoms with E-state index in [0.29, 0.717) is 22.1 Å². The summed E-state index contributed by atoms with van der Waals surface area (Å²) in [5.41, 5.74) is 3.91. The van der Waals surface area contributed by atoms with Gasteiger partial charge in [-0.1, -0.05) is 35.4 Å². The van der Waals surface area contributed by atoms with Crippen molar-refractivity contribution >= 4 is 54.6 Å². The van der Waals surface area contributed by atoms with Crippen molar-refractivity contribution in [1.82, 2.24) is 0 Å². The number of benzene rings is 4. The highest BCUT2D eigenvalue weighted by Crippen LogP contribution is 2.27. The Morgan fingerprint density at radius 3 is 1.90 bits per heavy atom. The van der Waals surface area contributed by atoms with Crippen molar-refractivity contribution in [2.24, 2.45) is 0 Å². The summed E-state index contributed by atoms with van der Waals surface area (Å²) in [5, 5.41) is 3.04. The molecule has 1 amide bonds. The summed E-state index contributed by atoms with van der Waals surface area (Å²) in [6.07, 6.45) is 0. The van der Waals surface area contributed by atoms with Crippen LogP contribution < -0.4 is 14.3 Å². The molecule has 0 atom stereocenters. The van der Waals surface area contributed by atoms with E-state index in [1.807, 2.05) is 20.8 Å². The van der Waals surface area contributed by atoms with Crippen LogP contribution in [0.5, 0.6) is 0 Å². The van der Waals surface area contributed by atoms with Crippen LogP contribution in [0.25, 0.3) is 0 Å². The quantitative estimate of drug-likeness (QED) is 0.249. The molecule has 11 heteroatoms. The number of hydrogen-bond acceptors (Lipinski definition) is 5. The molecule has 8 nitrogen and oxygen atoms in total. The molecule has 0 saturated carbocycles. The number of halogens is 1. The monoisotopic (exact) mass is 597 g/mol. The molecule has 0 saturated heterocycles. The van der Waals surface area contributed by atoms with Gasteiger partial charge in [-0.3, -0.25) is 13.8 Å². The Morgan fingerprint density at radius 2 is 1.30 bits per heavy atom. The highest BCUT2D eigenvalue weighted by molar-refractivity contribution is 7.93. The first-order chi connectivity index (χ1) is 18.8. The predicted octanol–water partition coefficient (Wildman–Crippen LogP) is 5.90. The highest BCUT2D eigenvalue weighted by atomic mass is 35.5. The molecular formula is C29H28ClN3O5S2. The van der Waals surface area contributed by atoms with Crippen LogP contribution in [0, 0.1) is 20.8 Å². The van der Waals surface area contributed by atoms with Gasteiger partial charge in [0.1, 0.15) is 6.54 Å². The van der Waals surface area contributed by atoms with E-state index in [1.54, 1.807) is 42.5 Å². The van der Waals surface area contributed by atoms with Gasteiger partial charge in [-0.25, -0.2) is 16.8 Å². The van der Waals surface area contributed by atoms with Crippen molar-refractivity contribution in [1.29, 1.82) is 0 Å². The molecule has 2 N–H and O–H groups in total. The predicted molar refractivity (Wildman–Crippen MR) is 159 cm³/mol. The van der Waals surface area contributed by atoms with Gasteiger partial charge in [0.25, 0.3) is 20.0 Å². The number of aryl methyl sites for hydroxylation is 3. The molecule has 0 radical (unpaired) electrons. The third-order valence-corrected chi connectivity index (χ3v) is 9.66. The van der Waals surface area contributed by atoms with Crippen molar-refractivity contribution in [3.63, 3.8) is 0 Å². The van der Waals surface area contributed by atoms with Crippen molar-refractivity contribution < 1.29 is 21.6 Å². The zero-order valence-corrected chi connectivity index (χ0v) is 24.4. The van der Waals surface area contributed by atoms with Crippen LogP contribution in [-0.2, 0) is 24.8 Å². The molecule has 4 rings (SSSR count). The summed E-state index contributed by atoms with van der Waals surface area (Å²) in [7, 11) is -7.97. The summed E-state index contributed by atoms with van der Waals surface area (Å²) in [6.45, 7) is 5.15. The van der Waals surface area contributed by atoms with Crippen molar-refractivity contribution in [3.8, 4) is 0 Å². The number of carbonyl (C=O) groups is 1. The molecule has 208 valence electrons. The maximum absolute atomic E-state index is 13.6. The van der Waals surface area contributed by atoms with Crippen LogP contribution in [0.3, 0.4) is 0 Å². The molecule has 0 fully saturated rings. The minimum Gasteiger partial charge on any atom is -0.325 e. The molecule has 0 spiro atoms. The summed E-state index contributed by atoms with van der Waals surface area (Å²) in [4.78, 5) is 13.1. The molecule has 4 aromatic rings. The van der Waals surface area contributed by atoms with E-state index in [1.165, 1.54) is 48.5 Å². The fourth-order valence-electron chi connectivity index (χ4n) is 3.81. The fraction of sp³-hybridized carbons (Fsp3) is 0.138. The lowest BCUT2D eigenvalue weighted by molar-refractivity contribution is -0.114. The van der Waals surface area contributed by atoms with Crippen molar-refractivity contribution in [2.45, 2.75) is 30.6 Å². The minimum atomic E-state index is -4.12. The molecule has 0 unspecified atom stereocenters. The van der Waals surface area contributed by atoms with Crippen LogP contribution in [0.1, 0.15) is 16.7 Å². The number of hydrogen-bond donors (Lipinski definition) is 2. The van der Waals surface area contributed by atoms with Gasteiger partial charge < -0.3 is 5.32 Å². The van der Waals surface area contributed by atoms with Crippen molar-refractivity contribution in [2.75, 3.05) is 20.9 Å². The van der Waals surface area contributed by atoms with E-state index < -0.39 is 32.5 Å². The smallest absolute Gasteiger partial charge is 0.264 e. The Kier molecular flexibility index (Phi) is 8.53. The molecular weight excluding hydrogens is 570 g/mol. The largest absolute Gasteiger partial charge is 0.325 e. The number of carbonyl (C=O) groups excluding carboxylic acids is 1. The number of amides is 1. The summed E-state index contributed by atoms with van der Waals surface area (Å²) in [5.74, 6) is -0.607. The Hall–Kier alpha value is -3.86. The topological polar surface area (TPSA) is 113 Å². The van der Waals surface area contributed by atoms with Crippen LogP contribution in [-0.4, -0.2) is 29.3 Å². The third-order valence-electron chi connectivity index (χ3n) is 6.22. The second kappa shape index (κ2) is 11.7. The fourth-order valence-corrected chi connectivity index (χ4v) is 6.41. The first kappa shape index (κ1) is 29.1. The maximum atomic E-state index is 13.6. The number of sulfonamides is 2. The van der Waals surface area contributed by atoms with Gasteiger partial charge in [0.2, 0.25) is 5.91 Å². The van der Waals surface area contributed by atoms with Gasteiger partial charge in [-0.15, -0.1) is 0 Å². The first-order valence-corrected chi connectivity index (χ1v) is 15.5. The van der Waals surface area contributed by atoms with Crippen LogP contribution in [0.2, 0.25) is 5.02 Å². The van der Waals surface area contributed by atoms with Gasteiger partial charge in [0.15, 0.2) is 0 Å². The van der Waals surface area contributed by atoms with Crippen LogP contribution >= 0.6 is 11.6 Å². The second-order valence-corrected chi connectivity index (χ2v) is 13.3. The Labute approximate surface area is 239 Å². The maximum Gasteiger partial charge on any atom is 0.264 e. The van der Waals surface area contributed by atoms with Gasteiger partial charge in [-0.2, -0.15) is 0 Å². The van der Waals surface area contributed by atoms with E-state index in [9.17, 15) is 21.6 Å². The lowest BCUT2D eigenvalue weighted by Crippen LogP contribution is -2.38. The Morgan fingerprint density at radius 1 is 0.725 bits per heavy atom. The molecule has 0 aliphatic carbocycles. The number of nitrogens with one attached hydrogen (secondary N) is 2. The highest BCUT2D eigenvalue weighted by Gasteiger charge is 2.27. The molecule has 0 aliphatic rings. The SMILES string of the molecule is Cc1ccc(NS(=O)(=O)c2ccc(NC(=O)CN(c3ccc(C)c(C)c3)S(=O)(=O)c3ccc(Cl)cc3)cc2)cc1. The zero-order chi connectivity index (χ0) is 29.1. The standard InChI is InChI=1S/C29H28ClN3O5S2/c1-20-4-9-25(10-5-20)32-39(35,36)27-16-11-24(12-17-27)31-29(34)19-33(26-13-6-21(2)22(3)18-26)40(37,38)28-14-7-23(30)8-15-28/h4-18,32H,19H2,1-3H3,(H,31,34). The number of rotatable bonds is 9. The van der Waals surface area contributed by atoms with Crippen LogP contribution in [0.15, 0.2) is 101 Å². The summed E-state index contributed by atoms with van der Waals surface area (Å²) < 4.78 is 56.2. The average Bonchev–Trinajstić information content (AvgIpc) is 2.91. The second-order valence-electron chi connectivity index (χ2n) is 9.28. The summed E-state index contributed by atoms with van der Waals surface area (Å²) >= 11 is 5.94. The van der Waals surface area contributed by atoms with E-state index in [0.717, 1.165) is 21.0 Å². The lowest BCUT2D eigenvalue weighted by Gasteiger charge is -2.25. The van der Waals surface area contributed by atoms with Gasteiger partial charge in [0.05, 0.1) is 15.5 Å². The molecule has 40 heavy (non-hydrogen) atoms. The average molecular weight is 598 g/mol. The van der Waals surface area contributed by atoms with Gasteiger partial charge in [0, 0.05) is 16.4 Å². The van der Waals surface area contributed by atoms with Gasteiger partial charge >= 0.3 is 0 Å². The minimum absolute atomic E-state index is 0.00754. The van der Waals surface area contributed by atoms with Crippen LogP contribution in [0.4, 0.5) is 17.1 Å². The van der Waals surface area contributed by atoms with E-state index in [4.69, 9.17) is 11.6 Å². The van der Waals surface area contributed by atoms with E-state index >= 15 is 0 Å². The first-order valence-electron chi connectivity index (χ1n) is 12.2. The van der Waals surface area contributed by atoms with Crippen molar-refractivity contribution in [3.05, 3.63) is 113 Å². The number of anilines is 3. The van der Waals surface area contributed by atoms with E-state index in [-0.39, 0.29) is 9.79 Å². The Balaban J connectivity index is 1.54. The van der Waals surface area contributed by atoms with E-state index in [2.05, 4.69) is 10.0 Å². The molecule has 0 aliphatic heterocycles. The molecule has 0 aromatic heterocycles. The lowest BCUT2D eigenvalue weighted by atomic mass is 10.1. The summed E-state index contributed by atoms with van der Waals surface area (Å²) in [6, 6.07) is 23.4. The molecule has 0 bridgehead atoms. The molecule has 0 heterocycles. The normalized spacial score (nSPS) is 11.6. The number of nitrogens with zero attached hydrogens (tertiary/aromatic N) is 1. The van der Waals surface area contributed by atoms with Gasteiger partial charge in [-0.05, 0) is 105 Å². The zero-order valence-electron chi connectivity index (χ0n) is 22.1. The third kappa shape index (κ3) is 6.82.